The average molecular weight is 328 g/mol. The van der Waals surface area contributed by atoms with Crippen molar-refractivity contribution in [3.05, 3.63) is 10.8 Å². The molecule has 1 aliphatic rings. The molecule has 19 heavy (non-hydrogen) atoms. The van der Waals surface area contributed by atoms with Crippen LogP contribution in [0.5, 0.6) is 0 Å². The van der Waals surface area contributed by atoms with E-state index in [1.165, 1.54) is 6.33 Å². The van der Waals surface area contributed by atoms with E-state index in [1.807, 2.05) is 0 Å². The second-order valence-corrected chi connectivity index (χ2v) is 5.30. The largest absolute Gasteiger partial charge is 0.369 e. The minimum Gasteiger partial charge on any atom is -0.369 e. The first kappa shape index (κ1) is 14.0. The molecular formula is C12H18BrN5O. The maximum absolute atomic E-state index is 11.6. The smallest absolute Gasteiger partial charge is 0.239 e. The number of carbonyl (C=O) groups excluding carboxylic acids is 1. The minimum absolute atomic E-state index is 0.00363. The normalized spacial score (nSPS) is 14.0. The Morgan fingerprint density at radius 3 is 2.68 bits per heavy atom. The summed E-state index contributed by atoms with van der Waals surface area (Å²) in [7, 11) is 0. The molecule has 0 radical (unpaired) electrons. The van der Waals surface area contributed by atoms with Crippen LogP contribution >= 0.6 is 15.9 Å². The number of aromatic nitrogens is 2. The molecule has 1 fully saturated rings. The molecule has 1 amide bonds. The molecule has 6 nitrogen and oxygen atoms in total. The topological polar surface area (TPSA) is 78.9 Å². The van der Waals surface area contributed by atoms with Crippen molar-refractivity contribution in [2.24, 2.45) is 0 Å². The third kappa shape index (κ3) is 4.34. The van der Waals surface area contributed by atoms with Crippen molar-refractivity contribution in [1.82, 2.24) is 15.3 Å². The Morgan fingerprint density at radius 2 is 2.05 bits per heavy atom. The predicted molar refractivity (Wildman–Crippen MR) is 78.2 cm³/mol. The van der Waals surface area contributed by atoms with E-state index in [-0.39, 0.29) is 12.5 Å². The molecule has 0 bridgehead atoms. The quantitative estimate of drug-likeness (QED) is 0.711. The van der Waals surface area contributed by atoms with E-state index in [2.05, 4.69) is 48.8 Å². The van der Waals surface area contributed by atoms with Gasteiger partial charge < -0.3 is 16.0 Å². The SMILES string of the molecule is CCCNc1ncnc(NCC(=O)NC2CC2)c1Br. The van der Waals surface area contributed by atoms with E-state index in [1.54, 1.807) is 0 Å². The van der Waals surface area contributed by atoms with Gasteiger partial charge in [-0.05, 0) is 35.2 Å². The van der Waals surface area contributed by atoms with Gasteiger partial charge in [0, 0.05) is 12.6 Å². The van der Waals surface area contributed by atoms with Crippen molar-refractivity contribution in [1.29, 1.82) is 0 Å². The number of hydrogen-bond acceptors (Lipinski definition) is 5. The molecule has 1 aromatic heterocycles. The molecule has 3 N–H and O–H groups in total. The summed E-state index contributed by atoms with van der Waals surface area (Å²) in [4.78, 5) is 19.9. The van der Waals surface area contributed by atoms with Crippen LogP contribution in [0.15, 0.2) is 10.8 Å². The van der Waals surface area contributed by atoms with Gasteiger partial charge in [0.15, 0.2) is 0 Å². The summed E-state index contributed by atoms with van der Waals surface area (Å²) in [5.41, 5.74) is 0. The zero-order chi connectivity index (χ0) is 13.7. The van der Waals surface area contributed by atoms with Crippen LogP contribution < -0.4 is 16.0 Å². The van der Waals surface area contributed by atoms with Crippen molar-refractivity contribution < 1.29 is 4.79 Å². The molecule has 1 aliphatic carbocycles. The Balaban J connectivity index is 1.89. The summed E-state index contributed by atoms with van der Waals surface area (Å²) in [6, 6.07) is 0.380. The van der Waals surface area contributed by atoms with Gasteiger partial charge in [-0.1, -0.05) is 6.92 Å². The highest BCUT2D eigenvalue weighted by Gasteiger charge is 2.23. The molecule has 0 saturated heterocycles. The highest BCUT2D eigenvalue weighted by atomic mass is 79.9. The van der Waals surface area contributed by atoms with Crippen molar-refractivity contribution >= 4 is 33.5 Å². The molecule has 1 heterocycles. The minimum atomic E-state index is -0.00363. The molecule has 0 aromatic carbocycles. The van der Waals surface area contributed by atoms with Crippen LogP contribution in [0.25, 0.3) is 0 Å². The molecule has 1 saturated carbocycles. The van der Waals surface area contributed by atoms with Crippen LogP contribution in [0, 0.1) is 0 Å². The fourth-order valence-corrected chi connectivity index (χ4v) is 2.02. The number of halogens is 1. The molecule has 2 rings (SSSR count). The number of rotatable bonds is 7. The van der Waals surface area contributed by atoms with E-state index in [0.717, 1.165) is 36.1 Å². The van der Waals surface area contributed by atoms with E-state index in [4.69, 9.17) is 0 Å². The van der Waals surface area contributed by atoms with Crippen molar-refractivity contribution in [2.75, 3.05) is 23.7 Å². The molecular weight excluding hydrogens is 310 g/mol. The van der Waals surface area contributed by atoms with Gasteiger partial charge in [-0.15, -0.1) is 0 Å². The Kier molecular flexibility index (Phi) is 4.95. The standard InChI is InChI=1S/C12H18BrN5O/c1-2-5-14-11-10(13)12(17-7-16-11)15-6-9(19)18-8-3-4-8/h7-8H,2-6H2,1H3,(H,18,19)(H2,14,15,16,17). The summed E-state index contributed by atoms with van der Waals surface area (Å²) in [6.07, 6.45) is 4.68. The molecule has 0 aliphatic heterocycles. The molecule has 0 spiro atoms. The summed E-state index contributed by atoms with van der Waals surface area (Å²) in [5, 5.41) is 9.12. The fraction of sp³-hybridized carbons (Fsp3) is 0.583. The van der Waals surface area contributed by atoms with Crippen molar-refractivity contribution in [3.63, 3.8) is 0 Å². The Labute approximate surface area is 120 Å². The first-order chi connectivity index (χ1) is 9.20. The van der Waals surface area contributed by atoms with Gasteiger partial charge in [-0.25, -0.2) is 9.97 Å². The number of nitrogens with zero attached hydrogens (tertiary/aromatic N) is 2. The zero-order valence-electron chi connectivity index (χ0n) is 10.9. The number of hydrogen-bond donors (Lipinski definition) is 3. The molecule has 7 heteroatoms. The molecule has 104 valence electrons. The maximum atomic E-state index is 11.6. The molecule has 1 aromatic rings. The van der Waals surface area contributed by atoms with Gasteiger partial charge in [-0.2, -0.15) is 0 Å². The zero-order valence-corrected chi connectivity index (χ0v) is 12.5. The lowest BCUT2D eigenvalue weighted by atomic mass is 10.4. The number of anilines is 2. The lowest BCUT2D eigenvalue weighted by Crippen LogP contribution is -2.31. The van der Waals surface area contributed by atoms with Crippen molar-refractivity contribution in [2.45, 2.75) is 32.2 Å². The summed E-state index contributed by atoms with van der Waals surface area (Å²) in [6.45, 7) is 3.15. The first-order valence-corrected chi connectivity index (χ1v) is 7.27. The third-order valence-corrected chi connectivity index (χ3v) is 3.44. The van der Waals surface area contributed by atoms with Gasteiger partial charge in [0.05, 0.1) is 6.54 Å². The molecule has 0 atom stereocenters. The Bertz CT molecular complexity index is 450. The summed E-state index contributed by atoms with van der Waals surface area (Å²) >= 11 is 3.44. The van der Waals surface area contributed by atoms with Crippen LogP contribution in [0.3, 0.4) is 0 Å². The highest BCUT2D eigenvalue weighted by Crippen LogP contribution is 2.26. The number of carbonyl (C=O) groups is 1. The van der Waals surface area contributed by atoms with Gasteiger partial charge >= 0.3 is 0 Å². The van der Waals surface area contributed by atoms with Gasteiger partial charge in [0.25, 0.3) is 0 Å². The monoisotopic (exact) mass is 327 g/mol. The van der Waals surface area contributed by atoms with Crippen LogP contribution in [0.2, 0.25) is 0 Å². The summed E-state index contributed by atoms with van der Waals surface area (Å²) in [5.74, 6) is 1.36. The second-order valence-electron chi connectivity index (χ2n) is 4.51. The van der Waals surface area contributed by atoms with Gasteiger partial charge in [0.1, 0.15) is 22.4 Å². The van der Waals surface area contributed by atoms with Gasteiger partial charge in [-0.3, -0.25) is 4.79 Å². The van der Waals surface area contributed by atoms with Crippen LogP contribution in [-0.2, 0) is 4.79 Å². The van der Waals surface area contributed by atoms with E-state index >= 15 is 0 Å². The van der Waals surface area contributed by atoms with E-state index in [0.29, 0.717) is 11.9 Å². The van der Waals surface area contributed by atoms with Crippen LogP contribution in [0.1, 0.15) is 26.2 Å². The highest BCUT2D eigenvalue weighted by molar-refractivity contribution is 9.10. The van der Waals surface area contributed by atoms with Gasteiger partial charge in [0.2, 0.25) is 5.91 Å². The number of nitrogens with one attached hydrogen (secondary N) is 3. The van der Waals surface area contributed by atoms with E-state index in [9.17, 15) is 4.79 Å². The van der Waals surface area contributed by atoms with Crippen LogP contribution in [0.4, 0.5) is 11.6 Å². The lowest BCUT2D eigenvalue weighted by molar-refractivity contribution is -0.119. The summed E-state index contributed by atoms with van der Waals surface area (Å²) < 4.78 is 0.752. The van der Waals surface area contributed by atoms with Crippen molar-refractivity contribution in [3.8, 4) is 0 Å². The van der Waals surface area contributed by atoms with Crippen LogP contribution in [-0.4, -0.2) is 35.0 Å². The Hall–Kier alpha value is -1.37. The molecule has 0 unspecified atom stereocenters. The number of amides is 1. The lowest BCUT2D eigenvalue weighted by Gasteiger charge is -2.11. The Morgan fingerprint density at radius 1 is 1.37 bits per heavy atom. The maximum Gasteiger partial charge on any atom is 0.239 e. The fourth-order valence-electron chi connectivity index (χ4n) is 1.53. The first-order valence-electron chi connectivity index (χ1n) is 6.48. The predicted octanol–water partition coefficient (Wildman–Crippen LogP) is 1.75. The second kappa shape index (κ2) is 6.70. The van der Waals surface area contributed by atoms with E-state index < -0.39 is 0 Å². The average Bonchev–Trinajstić information content (AvgIpc) is 3.20. The third-order valence-electron chi connectivity index (χ3n) is 2.69.